The quantitative estimate of drug-likeness (QED) is 0.905. The summed E-state index contributed by atoms with van der Waals surface area (Å²) in [6.45, 7) is 0. The number of nitrogens with one attached hydrogen (secondary N) is 1. The summed E-state index contributed by atoms with van der Waals surface area (Å²) in [5, 5.41) is 12.1. The molecule has 134 valence electrons. The van der Waals surface area contributed by atoms with Gasteiger partial charge in [-0.1, -0.05) is 12.8 Å². The van der Waals surface area contributed by atoms with Gasteiger partial charge in [0.1, 0.15) is 17.5 Å². The van der Waals surface area contributed by atoms with Crippen LogP contribution in [0.15, 0.2) is 30.6 Å². The molecule has 1 fully saturated rings. The first kappa shape index (κ1) is 17.9. The van der Waals surface area contributed by atoms with Crippen molar-refractivity contribution in [1.29, 1.82) is 5.26 Å². The van der Waals surface area contributed by atoms with Gasteiger partial charge in [-0.15, -0.1) is 0 Å². The average Bonchev–Trinajstić information content (AvgIpc) is 3.13. The van der Waals surface area contributed by atoms with Crippen LogP contribution < -0.4 is 5.32 Å². The van der Waals surface area contributed by atoms with Crippen LogP contribution in [-0.4, -0.2) is 21.9 Å². The van der Waals surface area contributed by atoms with Crippen molar-refractivity contribution >= 4 is 5.91 Å². The lowest BCUT2D eigenvalue weighted by Crippen LogP contribution is -2.32. The molecule has 1 N–H and O–H groups in total. The molecule has 2 aromatic heterocycles. The molecule has 8 heteroatoms. The number of pyridine rings is 2. The Labute approximate surface area is 147 Å². The van der Waals surface area contributed by atoms with E-state index in [9.17, 15) is 23.2 Å². The highest BCUT2D eigenvalue weighted by molar-refractivity contribution is 5.95. The average molecular weight is 360 g/mol. The van der Waals surface area contributed by atoms with Crippen LogP contribution in [-0.2, 0) is 6.18 Å². The van der Waals surface area contributed by atoms with E-state index < -0.39 is 11.9 Å². The summed E-state index contributed by atoms with van der Waals surface area (Å²) in [5.74, 6) is -0.347. The standard InChI is InChI=1S/C18H15F3N4O/c19-18(20,21)16-8-11(5-6-23-16)14-7-12(10-24-15(14)9-22)17(26)25-13-3-1-2-4-13/h5-8,10,13H,1-4H2,(H,25,26). The molecule has 0 aromatic carbocycles. The highest BCUT2D eigenvalue weighted by atomic mass is 19.4. The van der Waals surface area contributed by atoms with E-state index >= 15 is 0 Å². The minimum absolute atomic E-state index is 0.0539. The summed E-state index contributed by atoms with van der Waals surface area (Å²) in [5.41, 5.74) is -0.621. The minimum Gasteiger partial charge on any atom is -0.349 e. The zero-order valence-corrected chi connectivity index (χ0v) is 13.7. The molecule has 26 heavy (non-hydrogen) atoms. The van der Waals surface area contributed by atoms with Crippen LogP contribution in [0.2, 0.25) is 0 Å². The van der Waals surface area contributed by atoms with Gasteiger partial charge in [-0.3, -0.25) is 9.78 Å². The van der Waals surface area contributed by atoms with Crippen molar-refractivity contribution in [2.45, 2.75) is 37.9 Å². The maximum absolute atomic E-state index is 12.9. The van der Waals surface area contributed by atoms with E-state index in [4.69, 9.17) is 0 Å². The van der Waals surface area contributed by atoms with Crippen molar-refractivity contribution < 1.29 is 18.0 Å². The van der Waals surface area contributed by atoms with Gasteiger partial charge < -0.3 is 5.32 Å². The number of rotatable bonds is 3. The van der Waals surface area contributed by atoms with Crippen molar-refractivity contribution in [3.05, 3.63) is 47.5 Å². The summed E-state index contributed by atoms with van der Waals surface area (Å²) < 4.78 is 38.7. The Kier molecular flexibility index (Phi) is 4.89. The van der Waals surface area contributed by atoms with Gasteiger partial charge in [0.05, 0.1) is 5.56 Å². The molecule has 3 rings (SSSR count). The van der Waals surface area contributed by atoms with Crippen molar-refractivity contribution in [2.24, 2.45) is 0 Å². The van der Waals surface area contributed by atoms with Crippen LogP contribution in [0, 0.1) is 11.3 Å². The fourth-order valence-corrected chi connectivity index (χ4v) is 2.99. The number of hydrogen-bond acceptors (Lipinski definition) is 4. The lowest BCUT2D eigenvalue weighted by molar-refractivity contribution is -0.141. The molecule has 5 nitrogen and oxygen atoms in total. The van der Waals surface area contributed by atoms with Crippen molar-refractivity contribution in [3.8, 4) is 17.2 Å². The van der Waals surface area contributed by atoms with E-state index in [2.05, 4.69) is 15.3 Å². The zero-order chi connectivity index (χ0) is 18.7. The fourth-order valence-electron chi connectivity index (χ4n) is 2.99. The Morgan fingerprint density at radius 1 is 1.23 bits per heavy atom. The Balaban J connectivity index is 1.96. The SMILES string of the molecule is N#Cc1ncc(C(=O)NC2CCCC2)cc1-c1ccnc(C(F)(F)F)c1. The third kappa shape index (κ3) is 3.82. The normalized spacial score (nSPS) is 14.8. The van der Waals surface area contributed by atoms with E-state index in [0.717, 1.165) is 37.9 Å². The first-order valence-corrected chi connectivity index (χ1v) is 8.13. The lowest BCUT2D eigenvalue weighted by Gasteiger charge is -2.13. The van der Waals surface area contributed by atoms with Gasteiger partial charge in [0, 0.05) is 24.0 Å². The molecule has 2 heterocycles. The highest BCUT2D eigenvalue weighted by Gasteiger charge is 2.32. The number of aromatic nitrogens is 2. The topological polar surface area (TPSA) is 78.7 Å². The van der Waals surface area contributed by atoms with Crippen molar-refractivity contribution in [2.75, 3.05) is 0 Å². The number of nitrogens with zero attached hydrogens (tertiary/aromatic N) is 3. The van der Waals surface area contributed by atoms with E-state index in [1.807, 2.05) is 6.07 Å². The summed E-state index contributed by atoms with van der Waals surface area (Å²) in [4.78, 5) is 19.6. The summed E-state index contributed by atoms with van der Waals surface area (Å²) >= 11 is 0. The van der Waals surface area contributed by atoms with E-state index in [-0.39, 0.29) is 34.3 Å². The molecule has 1 saturated carbocycles. The molecule has 0 atom stereocenters. The number of amides is 1. The molecule has 0 unspecified atom stereocenters. The second-order valence-electron chi connectivity index (χ2n) is 6.11. The van der Waals surface area contributed by atoms with Gasteiger partial charge in [-0.2, -0.15) is 18.4 Å². The van der Waals surface area contributed by atoms with E-state index in [1.54, 1.807) is 0 Å². The number of carbonyl (C=O) groups is 1. The molecule has 0 spiro atoms. The van der Waals surface area contributed by atoms with Crippen molar-refractivity contribution in [1.82, 2.24) is 15.3 Å². The summed E-state index contributed by atoms with van der Waals surface area (Å²) in [6, 6.07) is 5.53. The third-order valence-electron chi connectivity index (χ3n) is 4.31. The second-order valence-corrected chi connectivity index (χ2v) is 6.11. The Hall–Kier alpha value is -2.95. The van der Waals surface area contributed by atoms with Gasteiger partial charge in [0.2, 0.25) is 0 Å². The third-order valence-corrected chi connectivity index (χ3v) is 4.31. The van der Waals surface area contributed by atoms with Gasteiger partial charge in [-0.05, 0) is 36.6 Å². The summed E-state index contributed by atoms with van der Waals surface area (Å²) in [7, 11) is 0. The van der Waals surface area contributed by atoms with E-state index in [0.29, 0.717) is 0 Å². The van der Waals surface area contributed by atoms with Crippen LogP contribution in [0.3, 0.4) is 0 Å². The molecule has 0 saturated heterocycles. The molecule has 0 aliphatic heterocycles. The fraction of sp³-hybridized carbons (Fsp3) is 0.333. The number of nitriles is 1. The van der Waals surface area contributed by atoms with Crippen LogP contribution >= 0.6 is 0 Å². The maximum atomic E-state index is 12.9. The van der Waals surface area contributed by atoms with Crippen LogP contribution in [0.5, 0.6) is 0 Å². The van der Waals surface area contributed by atoms with Crippen molar-refractivity contribution in [3.63, 3.8) is 0 Å². The molecular formula is C18H15F3N4O. The predicted molar refractivity (Wildman–Crippen MR) is 86.9 cm³/mol. The molecular weight excluding hydrogens is 345 g/mol. The first-order valence-electron chi connectivity index (χ1n) is 8.13. The number of halogens is 3. The molecule has 2 aromatic rings. The van der Waals surface area contributed by atoms with Crippen LogP contribution in [0.4, 0.5) is 13.2 Å². The van der Waals surface area contributed by atoms with Gasteiger partial charge in [-0.25, -0.2) is 4.98 Å². The number of hydrogen-bond donors (Lipinski definition) is 1. The first-order chi connectivity index (χ1) is 12.4. The highest BCUT2D eigenvalue weighted by Crippen LogP contribution is 2.31. The van der Waals surface area contributed by atoms with Gasteiger partial charge in [0.25, 0.3) is 5.91 Å². The largest absolute Gasteiger partial charge is 0.433 e. The predicted octanol–water partition coefficient (Wildman–Crippen LogP) is 3.71. The molecule has 1 amide bonds. The van der Waals surface area contributed by atoms with Gasteiger partial charge in [0.15, 0.2) is 0 Å². The molecule has 0 bridgehead atoms. The number of alkyl halides is 3. The smallest absolute Gasteiger partial charge is 0.349 e. The second kappa shape index (κ2) is 7.12. The van der Waals surface area contributed by atoms with Crippen LogP contribution in [0.1, 0.15) is 47.4 Å². The monoisotopic (exact) mass is 360 g/mol. The molecule has 1 aliphatic rings. The van der Waals surface area contributed by atoms with Gasteiger partial charge >= 0.3 is 6.18 Å². The lowest BCUT2D eigenvalue weighted by atomic mass is 10.0. The minimum atomic E-state index is -4.60. The zero-order valence-electron chi connectivity index (χ0n) is 13.7. The Morgan fingerprint density at radius 2 is 1.96 bits per heavy atom. The Bertz CT molecular complexity index is 867. The van der Waals surface area contributed by atoms with Crippen LogP contribution in [0.25, 0.3) is 11.1 Å². The molecule has 1 aliphatic carbocycles. The van der Waals surface area contributed by atoms with E-state index in [1.165, 1.54) is 18.3 Å². The summed E-state index contributed by atoms with van der Waals surface area (Å²) in [6.07, 6.45) is 1.60. The Morgan fingerprint density at radius 3 is 2.62 bits per heavy atom. The maximum Gasteiger partial charge on any atom is 0.433 e. The molecule has 0 radical (unpaired) electrons. The number of carbonyl (C=O) groups excluding carboxylic acids is 1.